The van der Waals surface area contributed by atoms with Gasteiger partial charge in [-0.25, -0.2) is 4.79 Å². The summed E-state index contributed by atoms with van der Waals surface area (Å²) in [6.07, 6.45) is 0.978. The average Bonchev–Trinajstić information content (AvgIpc) is 2.51. The van der Waals surface area contributed by atoms with Crippen LogP contribution in [0.4, 0.5) is 0 Å². The van der Waals surface area contributed by atoms with Gasteiger partial charge in [-0.1, -0.05) is 6.58 Å². The molecule has 75 valence electrons. The van der Waals surface area contributed by atoms with Crippen LogP contribution in [0.3, 0.4) is 0 Å². The van der Waals surface area contributed by atoms with Gasteiger partial charge in [-0.15, -0.1) is 0 Å². The van der Waals surface area contributed by atoms with Gasteiger partial charge in [-0.2, -0.15) is 0 Å². The minimum atomic E-state index is -0.575. The minimum Gasteiger partial charge on any atom is -0.460 e. The minimum absolute atomic E-state index is 0.0919. The van der Waals surface area contributed by atoms with Crippen molar-refractivity contribution in [1.82, 2.24) is 4.90 Å². The molecule has 14 heavy (non-hydrogen) atoms. The molecule has 0 spiro atoms. The van der Waals surface area contributed by atoms with E-state index in [0.29, 0.717) is 13.0 Å². The third kappa shape index (κ3) is 1.50. The average molecular weight is 196 g/mol. The number of β-lactam (4-membered cyclic amide) rings is 1. The molecule has 0 N–H and O–H groups in total. The Bertz CT molecular complexity index is 289. The number of hydrogen-bond acceptors (Lipinski definition) is 4. The number of carbonyl (C=O) groups is 2. The molecule has 0 saturated carbocycles. The van der Waals surface area contributed by atoms with Gasteiger partial charge in [0.15, 0.2) is 0 Å². The van der Waals surface area contributed by atoms with E-state index in [9.17, 15) is 9.59 Å². The summed E-state index contributed by atoms with van der Waals surface area (Å²) in [6.45, 7) is 5.59. The van der Waals surface area contributed by atoms with E-state index in [1.807, 2.05) is 0 Å². The van der Waals surface area contributed by atoms with E-state index < -0.39 is 5.97 Å². The Kier molecular flexibility index (Phi) is 2.25. The van der Waals surface area contributed by atoms with Crippen LogP contribution in [-0.2, 0) is 19.1 Å². The molecule has 0 aromatic rings. The standard InChI is InChI=1S/C9H10NO4/c1-2-9(12)13-5-6-4-10-7(11)3-8(10)14-6/h1-2,6,8H,3-5H2. The van der Waals surface area contributed by atoms with Crippen LogP contribution >= 0.6 is 0 Å². The molecule has 2 heterocycles. The smallest absolute Gasteiger partial charge is 0.330 e. The maximum atomic E-state index is 11.0. The molecule has 2 unspecified atom stereocenters. The molecule has 5 heteroatoms. The Morgan fingerprint density at radius 3 is 3.14 bits per heavy atom. The number of fused-ring (bicyclic) bond motifs is 1. The van der Waals surface area contributed by atoms with E-state index in [1.54, 1.807) is 4.90 Å². The molecule has 0 bridgehead atoms. The van der Waals surface area contributed by atoms with Gasteiger partial charge in [0.1, 0.15) is 18.9 Å². The lowest BCUT2D eigenvalue weighted by Gasteiger charge is -2.31. The zero-order valence-electron chi connectivity index (χ0n) is 7.51. The van der Waals surface area contributed by atoms with Crippen molar-refractivity contribution in [2.45, 2.75) is 18.8 Å². The van der Waals surface area contributed by atoms with Gasteiger partial charge < -0.3 is 14.4 Å². The predicted molar refractivity (Wildman–Crippen MR) is 44.8 cm³/mol. The third-order valence-corrected chi connectivity index (χ3v) is 2.31. The van der Waals surface area contributed by atoms with Crippen LogP contribution in [0.25, 0.3) is 0 Å². The van der Waals surface area contributed by atoms with Crippen molar-refractivity contribution in [2.75, 3.05) is 13.2 Å². The fourth-order valence-electron chi connectivity index (χ4n) is 1.57. The molecule has 5 nitrogen and oxygen atoms in total. The van der Waals surface area contributed by atoms with Crippen molar-refractivity contribution in [1.29, 1.82) is 0 Å². The fraction of sp³-hybridized carbons (Fsp3) is 0.556. The lowest BCUT2D eigenvalue weighted by atomic mass is 10.2. The second kappa shape index (κ2) is 3.42. The van der Waals surface area contributed by atoms with E-state index in [1.165, 1.54) is 0 Å². The van der Waals surface area contributed by atoms with Gasteiger partial charge in [-0.3, -0.25) is 4.79 Å². The third-order valence-electron chi connectivity index (χ3n) is 2.31. The van der Waals surface area contributed by atoms with E-state index >= 15 is 0 Å². The summed E-state index contributed by atoms with van der Waals surface area (Å²) in [7, 11) is 0. The van der Waals surface area contributed by atoms with Crippen LogP contribution in [0.15, 0.2) is 6.08 Å². The summed E-state index contributed by atoms with van der Waals surface area (Å²) in [5.74, 6) is -0.483. The Balaban J connectivity index is 1.76. The zero-order chi connectivity index (χ0) is 10.1. The molecule has 2 atom stereocenters. The van der Waals surface area contributed by atoms with Crippen molar-refractivity contribution in [3.05, 3.63) is 12.7 Å². The van der Waals surface area contributed by atoms with Crippen LogP contribution in [0.2, 0.25) is 0 Å². The number of hydrogen-bond donors (Lipinski definition) is 0. The van der Waals surface area contributed by atoms with Gasteiger partial charge >= 0.3 is 5.97 Å². The molecular formula is C9H10NO4. The van der Waals surface area contributed by atoms with Gasteiger partial charge in [0.2, 0.25) is 5.91 Å². The molecular weight excluding hydrogens is 186 g/mol. The van der Waals surface area contributed by atoms with Gasteiger partial charge in [0.25, 0.3) is 0 Å². The van der Waals surface area contributed by atoms with Gasteiger partial charge in [-0.05, 0) is 0 Å². The molecule has 0 aliphatic carbocycles. The van der Waals surface area contributed by atoms with Crippen molar-refractivity contribution in [3.8, 4) is 0 Å². The number of esters is 1. The number of rotatable bonds is 3. The Labute approximate surface area is 81.3 Å². The van der Waals surface area contributed by atoms with E-state index in [4.69, 9.17) is 16.1 Å². The summed E-state index contributed by atoms with van der Waals surface area (Å²) in [5.41, 5.74) is 0. The van der Waals surface area contributed by atoms with Crippen LogP contribution < -0.4 is 0 Å². The first kappa shape index (κ1) is 9.21. The highest BCUT2D eigenvalue weighted by Gasteiger charge is 2.45. The lowest BCUT2D eigenvalue weighted by Crippen LogP contribution is -2.48. The van der Waals surface area contributed by atoms with Crippen molar-refractivity contribution in [3.63, 3.8) is 0 Å². The van der Waals surface area contributed by atoms with Crippen molar-refractivity contribution >= 4 is 11.9 Å². The topological polar surface area (TPSA) is 55.8 Å². The molecule has 0 aromatic heterocycles. The number of amides is 1. The predicted octanol–water partition coefficient (Wildman–Crippen LogP) is -0.524. The second-order valence-electron chi connectivity index (χ2n) is 3.26. The molecule has 2 fully saturated rings. The van der Waals surface area contributed by atoms with E-state index in [0.717, 1.165) is 6.08 Å². The van der Waals surface area contributed by atoms with Crippen LogP contribution in [-0.4, -0.2) is 42.3 Å². The molecule has 1 radical (unpaired) electrons. The van der Waals surface area contributed by atoms with Crippen LogP contribution in [0, 0.1) is 6.58 Å². The van der Waals surface area contributed by atoms with Gasteiger partial charge in [0.05, 0.1) is 13.0 Å². The number of ether oxygens (including phenoxy) is 2. The molecule has 1 amide bonds. The fourth-order valence-corrected chi connectivity index (χ4v) is 1.57. The number of carbonyl (C=O) groups excluding carboxylic acids is 2. The first-order chi connectivity index (χ1) is 6.70. The van der Waals surface area contributed by atoms with Crippen LogP contribution in [0.5, 0.6) is 0 Å². The number of nitrogens with zero attached hydrogens (tertiary/aromatic N) is 1. The Morgan fingerprint density at radius 1 is 1.79 bits per heavy atom. The highest BCUT2D eigenvalue weighted by atomic mass is 16.6. The maximum absolute atomic E-state index is 11.0. The lowest BCUT2D eigenvalue weighted by molar-refractivity contribution is -0.158. The highest BCUT2D eigenvalue weighted by molar-refractivity contribution is 5.83. The summed E-state index contributed by atoms with van der Waals surface area (Å²) in [5, 5.41) is 0. The van der Waals surface area contributed by atoms with E-state index in [2.05, 4.69) is 0 Å². The summed E-state index contributed by atoms with van der Waals surface area (Å²) < 4.78 is 10.2. The van der Waals surface area contributed by atoms with Gasteiger partial charge in [0, 0.05) is 6.08 Å². The zero-order valence-corrected chi connectivity index (χ0v) is 7.51. The summed E-state index contributed by atoms with van der Waals surface area (Å²) in [4.78, 5) is 23.3. The summed E-state index contributed by atoms with van der Waals surface area (Å²) in [6, 6.07) is 0. The van der Waals surface area contributed by atoms with E-state index in [-0.39, 0.29) is 24.8 Å². The maximum Gasteiger partial charge on any atom is 0.330 e. The van der Waals surface area contributed by atoms with Crippen LogP contribution in [0.1, 0.15) is 6.42 Å². The molecule has 2 aliphatic rings. The monoisotopic (exact) mass is 196 g/mol. The SMILES string of the molecule is [CH]=CC(=O)OCC1CN2C(=O)CC2O1. The van der Waals surface area contributed by atoms with Crippen molar-refractivity contribution < 1.29 is 19.1 Å². The molecule has 2 rings (SSSR count). The second-order valence-corrected chi connectivity index (χ2v) is 3.26. The highest BCUT2D eigenvalue weighted by Crippen LogP contribution is 2.28. The quantitative estimate of drug-likeness (QED) is 0.346. The Morgan fingerprint density at radius 2 is 2.57 bits per heavy atom. The largest absolute Gasteiger partial charge is 0.460 e. The molecule has 0 aromatic carbocycles. The normalized spacial score (nSPS) is 29.4. The first-order valence-electron chi connectivity index (χ1n) is 4.37. The first-order valence-corrected chi connectivity index (χ1v) is 4.37. The summed E-state index contributed by atoms with van der Waals surface area (Å²) >= 11 is 0. The van der Waals surface area contributed by atoms with Crippen molar-refractivity contribution in [2.24, 2.45) is 0 Å². The molecule has 2 saturated heterocycles. The molecule has 2 aliphatic heterocycles. The Hall–Kier alpha value is -1.36.